The van der Waals surface area contributed by atoms with Gasteiger partial charge in [0.15, 0.2) is 0 Å². The third-order valence-electron chi connectivity index (χ3n) is 4.26. The van der Waals surface area contributed by atoms with Crippen molar-refractivity contribution in [2.75, 3.05) is 13.7 Å². The van der Waals surface area contributed by atoms with Crippen LogP contribution in [0.1, 0.15) is 35.3 Å². The molecule has 1 aromatic carbocycles. The summed E-state index contributed by atoms with van der Waals surface area (Å²) < 4.78 is 96.6. The summed E-state index contributed by atoms with van der Waals surface area (Å²) >= 11 is 0. The number of halogens is 6. The van der Waals surface area contributed by atoms with Crippen molar-refractivity contribution in [3.63, 3.8) is 0 Å². The molecular weight excluding hydrogens is 444 g/mol. The Morgan fingerprint density at radius 3 is 2.28 bits per heavy atom. The number of benzene rings is 1. The molecule has 2 aromatic rings. The lowest BCUT2D eigenvalue weighted by Gasteiger charge is -2.37. The normalized spacial score (nSPS) is 12.8. The van der Waals surface area contributed by atoms with Crippen molar-refractivity contribution in [2.24, 2.45) is 0 Å². The van der Waals surface area contributed by atoms with Crippen molar-refractivity contribution in [2.45, 2.75) is 31.8 Å². The number of alkyl halides is 6. The first-order chi connectivity index (χ1) is 14.9. The summed E-state index contributed by atoms with van der Waals surface area (Å²) in [4.78, 5) is 15.4. The Kier molecular flexibility index (Phi) is 7.55. The second-order valence-electron chi connectivity index (χ2n) is 6.35. The van der Waals surface area contributed by atoms with E-state index in [9.17, 15) is 31.1 Å². The number of rotatable bonds is 7. The second-order valence-corrected chi connectivity index (χ2v) is 6.35. The molecule has 5 nitrogen and oxygen atoms in total. The van der Waals surface area contributed by atoms with Gasteiger partial charge < -0.3 is 14.2 Å². The van der Waals surface area contributed by atoms with Crippen LogP contribution in [0.4, 0.5) is 26.3 Å². The molecule has 0 fully saturated rings. The van der Waals surface area contributed by atoms with Gasteiger partial charge in [-0.2, -0.15) is 26.3 Å². The standard InChI is InChI=1S/C21H19F6NO4/c1-4-7-13-10-15(19(31-5-2,20(22,23)24)21(25,26)27)12-28-17(13)32-16-9-6-8-14(11-16)18(29)30-3/h4,6-12H,5H2,1-3H3/b7-4+. The molecule has 0 unspecified atom stereocenters. The Bertz CT molecular complexity index is 971. The van der Waals surface area contributed by atoms with Gasteiger partial charge in [0.2, 0.25) is 5.88 Å². The number of pyridine rings is 1. The van der Waals surface area contributed by atoms with E-state index in [1.165, 1.54) is 50.5 Å². The molecular formula is C21H19F6NO4. The fraction of sp³-hybridized carbons (Fsp3) is 0.333. The van der Waals surface area contributed by atoms with Crippen LogP contribution in [-0.4, -0.2) is 37.0 Å². The highest BCUT2D eigenvalue weighted by Gasteiger charge is 2.73. The van der Waals surface area contributed by atoms with E-state index in [-0.39, 0.29) is 22.8 Å². The molecule has 11 heteroatoms. The van der Waals surface area contributed by atoms with Crippen LogP contribution in [0.3, 0.4) is 0 Å². The lowest BCUT2D eigenvalue weighted by molar-refractivity contribution is -0.388. The van der Waals surface area contributed by atoms with E-state index in [1.807, 2.05) is 0 Å². The number of aromatic nitrogens is 1. The molecule has 0 spiro atoms. The van der Waals surface area contributed by atoms with Crippen LogP contribution in [0.2, 0.25) is 0 Å². The molecule has 32 heavy (non-hydrogen) atoms. The largest absolute Gasteiger partial charge is 0.465 e. The van der Waals surface area contributed by atoms with E-state index in [0.29, 0.717) is 12.3 Å². The minimum atomic E-state index is -5.81. The third-order valence-corrected chi connectivity index (χ3v) is 4.26. The highest BCUT2D eigenvalue weighted by Crippen LogP contribution is 2.53. The average Bonchev–Trinajstić information content (AvgIpc) is 2.71. The Labute approximate surface area is 179 Å². The summed E-state index contributed by atoms with van der Waals surface area (Å²) in [6.07, 6.45) is -8.59. The van der Waals surface area contributed by atoms with Gasteiger partial charge in [-0.1, -0.05) is 18.2 Å². The topological polar surface area (TPSA) is 57.7 Å². The summed E-state index contributed by atoms with van der Waals surface area (Å²) in [5, 5.41) is 0. The van der Waals surface area contributed by atoms with E-state index < -0.39 is 36.1 Å². The zero-order valence-corrected chi connectivity index (χ0v) is 17.2. The molecule has 0 saturated heterocycles. The summed E-state index contributed by atoms with van der Waals surface area (Å²) in [6, 6.07) is 6.27. The van der Waals surface area contributed by atoms with E-state index in [2.05, 4.69) is 14.5 Å². The summed E-state index contributed by atoms with van der Waals surface area (Å²) in [5.41, 5.74) is -5.85. The van der Waals surface area contributed by atoms with Crippen LogP contribution >= 0.6 is 0 Å². The van der Waals surface area contributed by atoms with Crippen LogP contribution < -0.4 is 4.74 Å². The molecule has 0 atom stereocenters. The minimum Gasteiger partial charge on any atom is -0.465 e. The maximum atomic E-state index is 13.7. The Morgan fingerprint density at radius 2 is 1.75 bits per heavy atom. The third kappa shape index (κ3) is 4.87. The van der Waals surface area contributed by atoms with Gasteiger partial charge in [0.25, 0.3) is 5.60 Å². The number of ether oxygens (including phenoxy) is 3. The SMILES string of the molecule is C/C=C/c1cc(C(OCC)(C(F)(F)F)C(F)(F)F)cnc1Oc1cccc(C(=O)OC)c1. The van der Waals surface area contributed by atoms with Crippen molar-refractivity contribution < 1.29 is 45.3 Å². The van der Waals surface area contributed by atoms with E-state index in [0.717, 1.165) is 6.92 Å². The first kappa shape index (κ1) is 25.2. The van der Waals surface area contributed by atoms with Gasteiger partial charge in [-0.15, -0.1) is 0 Å². The van der Waals surface area contributed by atoms with E-state index in [4.69, 9.17) is 4.74 Å². The Balaban J connectivity index is 2.61. The van der Waals surface area contributed by atoms with Gasteiger partial charge in [0.1, 0.15) is 5.75 Å². The molecule has 0 N–H and O–H groups in total. The molecule has 2 rings (SSSR count). The van der Waals surface area contributed by atoms with Crippen LogP contribution in [-0.2, 0) is 15.1 Å². The van der Waals surface area contributed by atoms with Gasteiger partial charge in [0, 0.05) is 23.9 Å². The number of allylic oxidation sites excluding steroid dienone is 1. The van der Waals surface area contributed by atoms with Crippen molar-refractivity contribution in [1.82, 2.24) is 4.98 Å². The molecule has 1 aromatic heterocycles. The molecule has 0 amide bonds. The second kappa shape index (κ2) is 9.60. The van der Waals surface area contributed by atoms with Crippen molar-refractivity contribution >= 4 is 12.0 Å². The van der Waals surface area contributed by atoms with Gasteiger partial charge in [0.05, 0.1) is 12.7 Å². The number of hydrogen-bond acceptors (Lipinski definition) is 5. The minimum absolute atomic E-state index is 0.0709. The fourth-order valence-corrected chi connectivity index (χ4v) is 2.91. The average molecular weight is 463 g/mol. The maximum absolute atomic E-state index is 13.7. The van der Waals surface area contributed by atoms with Crippen molar-refractivity contribution in [1.29, 1.82) is 0 Å². The number of hydrogen-bond donors (Lipinski definition) is 0. The number of nitrogens with zero attached hydrogens (tertiary/aromatic N) is 1. The highest BCUT2D eigenvalue weighted by atomic mass is 19.4. The summed E-state index contributed by atoms with van der Waals surface area (Å²) in [7, 11) is 1.17. The smallest absolute Gasteiger partial charge is 0.430 e. The van der Waals surface area contributed by atoms with Gasteiger partial charge in [-0.05, 0) is 38.1 Å². The molecule has 0 saturated carbocycles. The predicted molar refractivity (Wildman–Crippen MR) is 102 cm³/mol. The van der Waals surface area contributed by atoms with Crippen LogP contribution in [0.15, 0.2) is 42.6 Å². The Morgan fingerprint density at radius 1 is 1.09 bits per heavy atom. The zero-order chi connectivity index (χ0) is 24.2. The molecule has 1 heterocycles. The molecule has 0 aliphatic heterocycles. The van der Waals surface area contributed by atoms with Gasteiger partial charge in [-0.3, -0.25) is 0 Å². The van der Waals surface area contributed by atoms with Gasteiger partial charge in [-0.25, -0.2) is 9.78 Å². The lowest BCUT2D eigenvalue weighted by atomic mass is 9.92. The lowest BCUT2D eigenvalue weighted by Crippen LogP contribution is -2.56. The van der Waals surface area contributed by atoms with Gasteiger partial charge >= 0.3 is 18.3 Å². The number of methoxy groups -OCH3 is 1. The first-order valence-electron chi connectivity index (χ1n) is 9.18. The number of carbonyl (C=O) groups is 1. The van der Waals surface area contributed by atoms with E-state index >= 15 is 0 Å². The molecule has 0 radical (unpaired) electrons. The van der Waals surface area contributed by atoms with Crippen molar-refractivity contribution in [3.8, 4) is 11.6 Å². The molecule has 0 bridgehead atoms. The summed E-state index contributed by atoms with van der Waals surface area (Å²) in [5.74, 6) is -0.866. The number of esters is 1. The van der Waals surface area contributed by atoms with Crippen molar-refractivity contribution in [3.05, 3.63) is 59.3 Å². The fourth-order valence-electron chi connectivity index (χ4n) is 2.91. The summed E-state index contributed by atoms with van der Waals surface area (Å²) in [6.45, 7) is 1.69. The first-order valence-corrected chi connectivity index (χ1v) is 9.18. The highest BCUT2D eigenvalue weighted by molar-refractivity contribution is 5.89. The van der Waals surface area contributed by atoms with Crippen LogP contribution in [0, 0.1) is 0 Å². The van der Waals surface area contributed by atoms with Crippen LogP contribution in [0.5, 0.6) is 11.6 Å². The van der Waals surface area contributed by atoms with Crippen LogP contribution in [0.25, 0.3) is 6.08 Å². The zero-order valence-electron chi connectivity index (χ0n) is 17.2. The number of carbonyl (C=O) groups excluding carboxylic acids is 1. The molecule has 0 aliphatic carbocycles. The molecule has 174 valence electrons. The monoisotopic (exact) mass is 463 g/mol. The molecule has 0 aliphatic rings. The van der Waals surface area contributed by atoms with E-state index in [1.54, 1.807) is 0 Å². The maximum Gasteiger partial charge on any atom is 0.430 e. The Hall–Kier alpha value is -3.08. The predicted octanol–water partition coefficient (Wildman–Crippen LogP) is 6.05. The quantitative estimate of drug-likeness (QED) is 0.370.